The average Bonchev–Trinajstić information content (AvgIpc) is 2.86. The largest absolute Gasteiger partial charge is 0.489 e. The van der Waals surface area contributed by atoms with E-state index in [0.717, 1.165) is 39.8 Å². The van der Waals surface area contributed by atoms with Crippen LogP contribution in [0.1, 0.15) is 52.9 Å². The van der Waals surface area contributed by atoms with Gasteiger partial charge in [0, 0.05) is 27.4 Å². The first kappa shape index (κ1) is 27.6. The Labute approximate surface area is 224 Å². The zero-order valence-electron chi connectivity index (χ0n) is 21.6. The number of carboxylic acid groups (broad SMARTS) is 1. The number of hydrogen-bond acceptors (Lipinski definition) is 3. The summed E-state index contributed by atoms with van der Waals surface area (Å²) in [6.07, 6.45) is 0.803. The van der Waals surface area contributed by atoms with Crippen LogP contribution < -0.4 is 5.32 Å². The first-order valence-electron chi connectivity index (χ1n) is 11.9. The molecule has 0 aliphatic rings. The molecule has 37 heavy (non-hydrogen) atoms. The van der Waals surface area contributed by atoms with Gasteiger partial charge < -0.3 is 15.2 Å². The number of carbonyl (C=O) groups is 1. The lowest BCUT2D eigenvalue weighted by atomic mass is 9.94. The van der Waals surface area contributed by atoms with Gasteiger partial charge >= 0.3 is 5.97 Å². The van der Waals surface area contributed by atoms with E-state index in [9.17, 15) is 9.90 Å². The molecule has 0 radical (unpaired) electrons. The molecule has 0 heterocycles. The van der Waals surface area contributed by atoms with E-state index in [1.807, 2.05) is 69.3 Å². The Morgan fingerprint density at radius 1 is 0.973 bits per heavy atom. The highest BCUT2D eigenvalue weighted by molar-refractivity contribution is 6.33. The van der Waals surface area contributed by atoms with Gasteiger partial charge in [0.05, 0.1) is 11.3 Å². The molecular formula is C32H32ClNO3. The summed E-state index contributed by atoms with van der Waals surface area (Å²) in [5.41, 5.74) is 7.64. The monoisotopic (exact) mass is 513 g/mol. The topological polar surface area (TPSA) is 58.6 Å². The van der Waals surface area contributed by atoms with Crippen molar-refractivity contribution in [3.8, 4) is 11.1 Å². The number of benzene rings is 3. The molecule has 0 aromatic heterocycles. The van der Waals surface area contributed by atoms with Crippen LogP contribution in [0.25, 0.3) is 28.2 Å². The van der Waals surface area contributed by atoms with E-state index >= 15 is 0 Å². The molecule has 0 amide bonds. The van der Waals surface area contributed by atoms with Gasteiger partial charge in [-0.05, 0) is 72.9 Å². The molecule has 3 rings (SSSR count). The van der Waals surface area contributed by atoms with Crippen LogP contribution in [0.4, 0.5) is 5.69 Å². The number of ether oxygens (including phenoxy) is 1. The second-order valence-corrected chi connectivity index (χ2v) is 9.36. The van der Waals surface area contributed by atoms with E-state index in [1.54, 1.807) is 6.07 Å². The molecule has 3 aromatic rings. The molecule has 190 valence electrons. The second-order valence-electron chi connectivity index (χ2n) is 8.96. The van der Waals surface area contributed by atoms with Crippen LogP contribution in [0.15, 0.2) is 86.5 Å². The zero-order valence-corrected chi connectivity index (χ0v) is 22.3. The molecule has 5 heteroatoms. The zero-order chi connectivity index (χ0) is 27.3. The smallest absolute Gasteiger partial charge is 0.336 e. The molecule has 0 atom stereocenters. The third kappa shape index (κ3) is 6.41. The maximum absolute atomic E-state index is 12.1. The number of hydrogen-bond donors (Lipinski definition) is 2. The van der Waals surface area contributed by atoms with Crippen molar-refractivity contribution in [2.45, 2.75) is 27.2 Å². The fraction of sp³-hybridized carbons (Fsp3) is 0.156. The van der Waals surface area contributed by atoms with Crippen LogP contribution in [0, 0.1) is 6.92 Å². The summed E-state index contributed by atoms with van der Waals surface area (Å²) in [6.45, 7) is 22.5. The number of rotatable bonds is 11. The highest BCUT2D eigenvalue weighted by Gasteiger charge is 2.18. The molecule has 0 aliphatic heterocycles. The highest BCUT2D eigenvalue weighted by atomic mass is 35.5. The highest BCUT2D eigenvalue weighted by Crippen LogP contribution is 2.35. The van der Waals surface area contributed by atoms with Crippen molar-refractivity contribution in [1.82, 2.24) is 0 Å². The molecule has 0 saturated heterocycles. The lowest BCUT2D eigenvalue weighted by Gasteiger charge is -2.20. The van der Waals surface area contributed by atoms with E-state index in [-0.39, 0.29) is 5.56 Å². The minimum atomic E-state index is -1.04. The average molecular weight is 514 g/mol. The van der Waals surface area contributed by atoms with Gasteiger partial charge in [-0.3, -0.25) is 0 Å². The fourth-order valence-corrected chi connectivity index (χ4v) is 4.19. The molecule has 0 spiro atoms. The van der Waals surface area contributed by atoms with Crippen molar-refractivity contribution in [3.05, 3.63) is 119 Å². The predicted molar refractivity (Wildman–Crippen MR) is 157 cm³/mol. The first-order chi connectivity index (χ1) is 17.5. The quantitative estimate of drug-likeness (QED) is 0.198. The van der Waals surface area contributed by atoms with Crippen LogP contribution in [0.2, 0.25) is 5.02 Å². The SMILES string of the molecule is C=C(CC)COC(=C)c1ccc(-c2ccccc2Cl)cc1NC(=C)c1cc(C(=C)C)c(C)cc1C(=O)O. The van der Waals surface area contributed by atoms with Gasteiger partial charge in [0.1, 0.15) is 12.4 Å². The molecule has 0 aliphatic carbocycles. The second kappa shape index (κ2) is 11.8. The number of halogens is 1. The number of allylic oxidation sites excluding steroid dienone is 1. The Balaban J connectivity index is 2.10. The predicted octanol–water partition coefficient (Wildman–Crippen LogP) is 9.08. The van der Waals surface area contributed by atoms with Gasteiger partial charge in [-0.2, -0.15) is 0 Å². The van der Waals surface area contributed by atoms with E-state index in [2.05, 4.69) is 31.6 Å². The molecule has 0 unspecified atom stereocenters. The Kier molecular flexibility index (Phi) is 8.80. The van der Waals surface area contributed by atoms with Crippen molar-refractivity contribution < 1.29 is 14.6 Å². The van der Waals surface area contributed by atoms with Crippen LogP contribution in [0.3, 0.4) is 0 Å². The van der Waals surface area contributed by atoms with E-state index in [1.165, 1.54) is 0 Å². The summed E-state index contributed by atoms with van der Waals surface area (Å²) in [7, 11) is 0. The molecular weight excluding hydrogens is 482 g/mol. The third-order valence-electron chi connectivity index (χ3n) is 6.12. The van der Waals surface area contributed by atoms with Crippen molar-refractivity contribution >= 4 is 40.3 Å². The van der Waals surface area contributed by atoms with Gasteiger partial charge in [0.2, 0.25) is 0 Å². The Morgan fingerprint density at radius 2 is 1.68 bits per heavy atom. The van der Waals surface area contributed by atoms with Crippen molar-refractivity contribution in [1.29, 1.82) is 0 Å². The summed E-state index contributed by atoms with van der Waals surface area (Å²) in [5, 5.41) is 13.8. The van der Waals surface area contributed by atoms with Gasteiger partial charge in [-0.1, -0.05) is 74.7 Å². The Hall–Kier alpha value is -4.02. The van der Waals surface area contributed by atoms with Crippen LogP contribution >= 0.6 is 11.6 Å². The van der Waals surface area contributed by atoms with Crippen molar-refractivity contribution in [2.24, 2.45) is 0 Å². The van der Waals surface area contributed by atoms with Gasteiger partial charge in [-0.15, -0.1) is 0 Å². The first-order valence-corrected chi connectivity index (χ1v) is 12.3. The minimum absolute atomic E-state index is 0.151. The van der Waals surface area contributed by atoms with E-state index in [4.69, 9.17) is 16.3 Å². The summed E-state index contributed by atoms with van der Waals surface area (Å²) in [6, 6.07) is 16.8. The fourth-order valence-electron chi connectivity index (χ4n) is 3.95. The molecule has 4 nitrogen and oxygen atoms in total. The van der Waals surface area contributed by atoms with Gasteiger partial charge in [0.25, 0.3) is 0 Å². The number of nitrogens with one attached hydrogen (secondary N) is 1. The number of carboxylic acids is 1. The normalized spacial score (nSPS) is 10.5. The summed E-state index contributed by atoms with van der Waals surface area (Å²) < 4.78 is 5.91. The summed E-state index contributed by atoms with van der Waals surface area (Å²) >= 11 is 6.47. The van der Waals surface area contributed by atoms with E-state index < -0.39 is 5.97 Å². The maximum Gasteiger partial charge on any atom is 0.336 e. The number of aromatic carboxylic acids is 1. The van der Waals surface area contributed by atoms with Crippen LogP contribution in [-0.4, -0.2) is 17.7 Å². The van der Waals surface area contributed by atoms with Gasteiger partial charge in [0.15, 0.2) is 0 Å². The molecule has 2 N–H and O–H groups in total. The maximum atomic E-state index is 12.1. The standard InChI is InChI=1S/C32H32ClNO3/c1-8-20(4)18-37-23(7)25-14-13-24(26-11-9-10-12-30(26)33)16-31(25)34-22(6)28-17-27(19(2)3)21(5)15-29(28)32(35)36/h9-17,34H,2,4,6-8,18H2,1,3,5H3,(H,35,36). The molecule has 0 fully saturated rings. The summed E-state index contributed by atoms with van der Waals surface area (Å²) in [5.74, 6) is -0.578. The van der Waals surface area contributed by atoms with Crippen molar-refractivity contribution in [2.75, 3.05) is 11.9 Å². The summed E-state index contributed by atoms with van der Waals surface area (Å²) in [4.78, 5) is 12.1. The number of aryl methyl sites for hydroxylation is 1. The minimum Gasteiger partial charge on any atom is -0.489 e. The molecule has 3 aromatic carbocycles. The molecule has 0 saturated carbocycles. The van der Waals surface area contributed by atoms with Crippen LogP contribution in [0.5, 0.6) is 0 Å². The van der Waals surface area contributed by atoms with Crippen molar-refractivity contribution in [3.63, 3.8) is 0 Å². The Bertz CT molecular complexity index is 1420. The lowest BCUT2D eigenvalue weighted by molar-refractivity contribution is 0.0696. The molecule has 0 bridgehead atoms. The van der Waals surface area contributed by atoms with E-state index in [0.29, 0.717) is 39.9 Å². The van der Waals surface area contributed by atoms with Crippen LogP contribution in [-0.2, 0) is 4.74 Å². The Morgan fingerprint density at radius 3 is 2.30 bits per heavy atom. The van der Waals surface area contributed by atoms with Gasteiger partial charge in [-0.25, -0.2) is 4.79 Å². The number of anilines is 1. The lowest BCUT2D eigenvalue weighted by Crippen LogP contribution is -2.09. The third-order valence-corrected chi connectivity index (χ3v) is 6.45.